The van der Waals surface area contributed by atoms with Crippen molar-refractivity contribution in [2.75, 3.05) is 7.11 Å². The Kier molecular flexibility index (Phi) is 4.56. The maximum absolute atomic E-state index is 9.60. The van der Waals surface area contributed by atoms with Gasteiger partial charge in [-0.15, -0.1) is 0 Å². The number of hydrogen-bond acceptors (Lipinski definition) is 3. The van der Waals surface area contributed by atoms with E-state index < -0.39 is 0 Å². The van der Waals surface area contributed by atoms with Gasteiger partial charge in [-0.1, -0.05) is 60.7 Å². The first-order valence-electron chi connectivity index (χ1n) is 7.56. The second-order valence-electron chi connectivity index (χ2n) is 5.33. The molecule has 0 aliphatic rings. The number of fused-ring (bicyclic) bond motifs is 1. The molecule has 0 aliphatic heterocycles. The van der Waals surface area contributed by atoms with Crippen LogP contribution in [0.15, 0.2) is 66.7 Å². The van der Waals surface area contributed by atoms with Gasteiger partial charge in [0, 0.05) is 11.9 Å². The number of hydrogen-bond donors (Lipinski definition) is 1. The summed E-state index contributed by atoms with van der Waals surface area (Å²) in [5, 5.41) is 15.0. The number of nitriles is 1. The monoisotopic (exact) mass is 302 g/mol. The van der Waals surface area contributed by atoms with Gasteiger partial charge in [-0.25, -0.2) is 0 Å². The lowest BCUT2D eigenvalue weighted by atomic mass is 9.98. The van der Waals surface area contributed by atoms with Crippen LogP contribution in [0.3, 0.4) is 0 Å². The van der Waals surface area contributed by atoms with Crippen LogP contribution >= 0.6 is 0 Å². The first-order chi connectivity index (χ1) is 11.3. The molecule has 1 atom stereocenters. The van der Waals surface area contributed by atoms with E-state index in [1.165, 1.54) is 0 Å². The van der Waals surface area contributed by atoms with E-state index >= 15 is 0 Å². The minimum absolute atomic E-state index is 0.369. The maximum Gasteiger partial charge on any atom is 0.126 e. The van der Waals surface area contributed by atoms with Crippen LogP contribution < -0.4 is 10.1 Å². The summed E-state index contributed by atoms with van der Waals surface area (Å²) in [6, 6.07) is 24.0. The Bertz CT molecular complexity index is 837. The van der Waals surface area contributed by atoms with Gasteiger partial charge in [-0.3, -0.25) is 5.32 Å². The van der Waals surface area contributed by atoms with Crippen LogP contribution in [-0.2, 0) is 6.54 Å². The Labute approximate surface area is 136 Å². The van der Waals surface area contributed by atoms with Crippen molar-refractivity contribution in [1.29, 1.82) is 5.26 Å². The molecule has 0 radical (unpaired) electrons. The Morgan fingerprint density at radius 1 is 0.957 bits per heavy atom. The smallest absolute Gasteiger partial charge is 0.126 e. The SMILES string of the molecule is COc1ccc([C@@H](C#N)NCc2ccccc2)c2ccccc12. The number of nitrogens with zero attached hydrogens (tertiary/aromatic N) is 1. The Morgan fingerprint density at radius 2 is 1.65 bits per heavy atom. The minimum atomic E-state index is -0.369. The zero-order valence-corrected chi connectivity index (χ0v) is 13.0. The van der Waals surface area contributed by atoms with Crippen LogP contribution in [0.4, 0.5) is 0 Å². The molecule has 3 heteroatoms. The molecular formula is C20H18N2O. The third-order valence-corrected chi connectivity index (χ3v) is 3.93. The minimum Gasteiger partial charge on any atom is -0.496 e. The van der Waals surface area contributed by atoms with Crippen molar-refractivity contribution < 1.29 is 4.74 Å². The third kappa shape index (κ3) is 3.18. The zero-order valence-electron chi connectivity index (χ0n) is 13.0. The lowest BCUT2D eigenvalue weighted by Crippen LogP contribution is -2.19. The van der Waals surface area contributed by atoms with E-state index in [1.54, 1.807) is 7.11 Å². The van der Waals surface area contributed by atoms with Gasteiger partial charge >= 0.3 is 0 Å². The fraction of sp³-hybridized carbons (Fsp3) is 0.150. The molecule has 0 saturated carbocycles. The van der Waals surface area contributed by atoms with Gasteiger partial charge in [0.05, 0.1) is 13.2 Å². The number of nitrogens with one attached hydrogen (secondary N) is 1. The largest absolute Gasteiger partial charge is 0.496 e. The summed E-state index contributed by atoms with van der Waals surface area (Å²) < 4.78 is 5.42. The van der Waals surface area contributed by atoms with Crippen LogP contribution in [0.2, 0.25) is 0 Å². The molecule has 1 N–H and O–H groups in total. The molecule has 114 valence electrons. The Hall–Kier alpha value is -2.83. The van der Waals surface area contributed by atoms with Gasteiger partial charge in [0.1, 0.15) is 11.8 Å². The van der Waals surface area contributed by atoms with Crippen LogP contribution in [0, 0.1) is 11.3 Å². The third-order valence-electron chi connectivity index (χ3n) is 3.93. The van der Waals surface area contributed by atoms with Crippen molar-refractivity contribution in [3.05, 3.63) is 77.9 Å². The van der Waals surface area contributed by atoms with Gasteiger partial charge in [0.2, 0.25) is 0 Å². The average molecular weight is 302 g/mol. The van der Waals surface area contributed by atoms with E-state index in [0.29, 0.717) is 6.54 Å². The summed E-state index contributed by atoms with van der Waals surface area (Å²) in [5.74, 6) is 0.823. The molecule has 23 heavy (non-hydrogen) atoms. The topological polar surface area (TPSA) is 45.0 Å². The molecule has 0 saturated heterocycles. The van der Waals surface area contributed by atoms with Crippen molar-refractivity contribution >= 4 is 10.8 Å². The molecule has 0 unspecified atom stereocenters. The highest BCUT2D eigenvalue weighted by molar-refractivity contribution is 5.91. The number of benzene rings is 3. The molecule has 0 spiro atoms. The zero-order chi connectivity index (χ0) is 16.1. The van der Waals surface area contributed by atoms with Crippen LogP contribution in [0.5, 0.6) is 5.75 Å². The summed E-state index contributed by atoms with van der Waals surface area (Å²) in [5.41, 5.74) is 2.13. The van der Waals surface area contributed by atoms with Crippen molar-refractivity contribution in [3.63, 3.8) is 0 Å². The van der Waals surface area contributed by atoms with Crippen LogP contribution in [0.25, 0.3) is 10.8 Å². The summed E-state index contributed by atoms with van der Waals surface area (Å²) in [6.07, 6.45) is 0. The standard InChI is InChI=1S/C20H18N2O/c1-23-20-12-11-17(16-9-5-6-10-18(16)20)19(13-21)22-14-15-7-3-2-4-8-15/h2-12,19,22H,14H2,1H3/t19-/m1/s1. The molecular weight excluding hydrogens is 284 g/mol. The van der Waals surface area contributed by atoms with E-state index in [-0.39, 0.29) is 6.04 Å². The molecule has 0 bridgehead atoms. The summed E-state index contributed by atoms with van der Waals surface area (Å²) in [7, 11) is 1.66. The molecule has 0 aromatic heterocycles. The van der Waals surface area contributed by atoms with Gasteiger partial charge in [0.25, 0.3) is 0 Å². The average Bonchev–Trinajstić information content (AvgIpc) is 2.63. The van der Waals surface area contributed by atoms with Crippen molar-refractivity contribution in [1.82, 2.24) is 5.32 Å². The molecule has 3 aromatic carbocycles. The molecule has 0 aliphatic carbocycles. The fourth-order valence-corrected chi connectivity index (χ4v) is 2.77. The van der Waals surface area contributed by atoms with E-state index in [2.05, 4.69) is 11.4 Å². The summed E-state index contributed by atoms with van der Waals surface area (Å²) in [4.78, 5) is 0. The van der Waals surface area contributed by atoms with Crippen molar-refractivity contribution in [2.24, 2.45) is 0 Å². The van der Waals surface area contributed by atoms with Crippen molar-refractivity contribution in [2.45, 2.75) is 12.6 Å². The highest BCUT2D eigenvalue weighted by Crippen LogP contribution is 2.31. The molecule has 3 rings (SSSR count). The first-order valence-corrected chi connectivity index (χ1v) is 7.56. The molecule has 0 heterocycles. The van der Waals surface area contributed by atoms with E-state index in [9.17, 15) is 5.26 Å². The van der Waals surface area contributed by atoms with E-state index in [0.717, 1.165) is 27.6 Å². The second kappa shape index (κ2) is 6.95. The van der Waals surface area contributed by atoms with E-state index in [4.69, 9.17) is 4.74 Å². The van der Waals surface area contributed by atoms with Crippen LogP contribution in [-0.4, -0.2) is 7.11 Å². The van der Waals surface area contributed by atoms with Gasteiger partial charge in [0.15, 0.2) is 0 Å². The summed E-state index contributed by atoms with van der Waals surface area (Å²) >= 11 is 0. The summed E-state index contributed by atoms with van der Waals surface area (Å²) in [6.45, 7) is 0.652. The Balaban J connectivity index is 1.93. The predicted octanol–water partition coefficient (Wildman–Crippen LogP) is 4.20. The van der Waals surface area contributed by atoms with E-state index in [1.807, 2.05) is 66.7 Å². The molecule has 0 amide bonds. The number of ether oxygens (including phenoxy) is 1. The lowest BCUT2D eigenvalue weighted by molar-refractivity contribution is 0.419. The second-order valence-corrected chi connectivity index (χ2v) is 5.33. The molecule has 3 aromatic rings. The maximum atomic E-state index is 9.60. The number of rotatable bonds is 5. The van der Waals surface area contributed by atoms with Crippen LogP contribution in [0.1, 0.15) is 17.2 Å². The fourth-order valence-electron chi connectivity index (χ4n) is 2.77. The normalized spacial score (nSPS) is 11.8. The molecule has 0 fully saturated rings. The molecule has 3 nitrogen and oxygen atoms in total. The first kappa shape index (κ1) is 15.1. The van der Waals surface area contributed by atoms with Gasteiger partial charge in [-0.05, 0) is 22.6 Å². The van der Waals surface area contributed by atoms with Gasteiger partial charge < -0.3 is 4.74 Å². The quantitative estimate of drug-likeness (QED) is 0.768. The Morgan fingerprint density at radius 3 is 2.35 bits per heavy atom. The predicted molar refractivity (Wildman–Crippen MR) is 92.1 cm³/mol. The van der Waals surface area contributed by atoms with Crippen molar-refractivity contribution in [3.8, 4) is 11.8 Å². The number of methoxy groups -OCH3 is 1. The van der Waals surface area contributed by atoms with Gasteiger partial charge in [-0.2, -0.15) is 5.26 Å². The highest BCUT2D eigenvalue weighted by atomic mass is 16.5. The lowest BCUT2D eigenvalue weighted by Gasteiger charge is -2.16. The highest BCUT2D eigenvalue weighted by Gasteiger charge is 2.15.